The fourth-order valence-corrected chi connectivity index (χ4v) is 3.75. The van der Waals surface area contributed by atoms with Crippen LogP contribution < -0.4 is 15.4 Å². The van der Waals surface area contributed by atoms with Crippen molar-refractivity contribution < 1.29 is 29.0 Å². The number of amides is 3. The van der Waals surface area contributed by atoms with Gasteiger partial charge in [0.1, 0.15) is 29.2 Å². The summed E-state index contributed by atoms with van der Waals surface area (Å²) in [4.78, 5) is 41.1. The van der Waals surface area contributed by atoms with Crippen LogP contribution in [0.1, 0.15) is 65.5 Å². The molecule has 2 unspecified atom stereocenters. The molecule has 37 heavy (non-hydrogen) atoms. The highest BCUT2D eigenvalue weighted by Gasteiger charge is 2.35. The minimum absolute atomic E-state index is 0.113. The number of anilines is 1. The quantitative estimate of drug-likeness (QED) is 0.364. The lowest BCUT2D eigenvalue weighted by molar-refractivity contribution is -0.140. The molecular formula is C28H39N3O6. The van der Waals surface area contributed by atoms with Crippen molar-refractivity contribution in [2.24, 2.45) is 0 Å². The van der Waals surface area contributed by atoms with Gasteiger partial charge in [0, 0.05) is 17.8 Å². The third kappa shape index (κ3) is 9.00. The normalized spacial score (nSPS) is 12.7. The molecule has 0 heterocycles. The summed E-state index contributed by atoms with van der Waals surface area (Å²) in [5.74, 6) is -0.451. The average Bonchev–Trinajstić information content (AvgIpc) is 2.83. The second-order valence-electron chi connectivity index (χ2n) is 9.79. The fourth-order valence-electron chi connectivity index (χ4n) is 3.75. The number of phenolic OH excluding ortho intramolecular Hbond substituents is 1. The van der Waals surface area contributed by atoms with Crippen molar-refractivity contribution in [3.05, 3.63) is 54.1 Å². The fraction of sp³-hybridized carbons (Fsp3) is 0.464. The Balaban J connectivity index is 2.42. The summed E-state index contributed by atoms with van der Waals surface area (Å²) < 4.78 is 10.5. The number of carbonyl (C=O) groups excluding carboxylic acids is 3. The molecule has 0 aliphatic heterocycles. The van der Waals surface area contributed by atoms with E-state index in [9.17, 15) is 19.5 Å². The van der Waals surface area contributed by atoms with Gasteiger partial charge in [0.25, 0.3) is 5.91 Å². The summed E-state index contributed by atoms with van der Waals surface area (Å²) in [7, 11) is 1.55. The number of ether oxygens (including phenoxy) is 2. The van der Waals surface area contributed by atoms with Gasteiger partial charge in [-0.05, 0) is 64.4 Å². The Morgan fingerprint density at radius 1 is 1.03 bits per heavy atom. The first-order valence-corrected chi connectivity index (χ1v) is 12.5. The Bertz CT molecular complexity index is 1050. The summed E-state index contributed by atoms with van der Waals surface area (Å²) in [5.41, 5.74) is 0.0551. The first kappa shape index (κ1) is 29.5. The van der Waals surface area contributed by atoms with Crippen LogP contribution in [0.2, 0.25) is 0 Å². The number of aromatic hydroxyl groups is 1. The first-order chi connectivity index (χ1) is 17.5. The van der Waals surface area contributed by atoms with Crippen LogP contribution in [0, 0.1) is 0 Å². The van der Waals surface area contributed by atoms with Crippen molar-refractivity contribution in [2.75, 3.05) is 19.0 Å². The molecular weight excluding hydrogens is 474 g/mol. The van der Waals surface area contributed by atoms with Crippen molar-refractivity contribution in [2.45, 2.75) is 71.6 Å². The summed E-state index contributed by atoms with van der Waals surface area (Å²) in [6, 6.07) is 11.1. The van der Waals surface area contributed by atoms with Gasteiger partial charge in [-0.2, -0.15) is 0 Å². The number of carbonyl (C=O) groups is 3. The number of benzene rings is 2. The lowest BCUT2D eigenvalue weighted by Gasteiger charge is -2.34. The molecule has 3 amide bonds. The minimum atomic E-state index is -1.14. The van der Waals surface area contributed by atoms with Gasteiger partial charge in [0.2, 0.25) is 5.91 Å². The number of para-hydroxylation sites is 1. The number of phenols is 1. The molecule has 0 aromatic heterocycles. The minimum Gasteiger partial charge on any atom is -0.508 e. The zero-order chi connectivity index (χ0) is 27.6. The molecule has 0 fully saturated rings. The average molecular weight is 514 g/mol. The van der Waals surface area contributed by atoms with E-state index >= 15 is 0 Å². The lowest BCUT2D eigenvalue weighted by Crippen LogP contribution is -2.51. The molecule has 0 bridgehead atoms. The Labute approximate surface area is 219 Å². The maximum atomic E-state index is 13.7. The number of hydrogen-bond acceptors (Lipinski definition) is 6. The van der Waals surface area contributed by atoms with E-state index < -0.39 is 35.6 Å². The van der Waals surface area contributed by atoms with E-state index in [0.29, 0.717) is 17.9 Å². The molecule has 2 rings (SSSR count). The number of unbranched alkanes of at least 4 members (excludes halogenated alkanes) is 2. The SMILES string of the molecule is CCCCCN(C(=O)C(C)NC(=O)OC(C)(C)C)C(C(=O)Nc1ccc(OC)cc1)c1ccccc1O. The Hall–Kier alpha value is -3.75. The van der Waals surface area contributed by atoms with Gasteiger partial charge >= 0.3 is 6.09 Å². The summed E-state index contributed by atoms with van der Waals surface area (Å²) in [6.07, 6.45) is 1.66. The molecule has 0 spiro atoms. The van der Waals surface area contributed by atoms with Crippen molar-refractivity contribution in [3.8, 4) is 11.5 Å². The maximum absolute atomic E-state index is 13.7. The molecule has 9 nitrogen and oxygen atoms in total. The van der Waals surface area contributed by atoms with Crippen LogP contribution in [-0.2, 0) is 14.3 Å². The van der Waals surface area contributed by atoms with Gasteiger partial charge in [-0.25, -0.2) is 4.79 Å². The molecule has 3 N–H and O–H groups in total. The largest absolute Gasteiger partial charge is 0.508 e. The van der Waals surface area contributed by atoms with Crippen LogP contribution >= 0.6 is 0 Å². The molecule has 2 atom stereocenters. The van der Waals surface area contributed by atoms with Gasteiger partial charge < -0.3 is 30.1 Å². The van der Waals surface area contributed by atoms with Crippen LogP contribution in [0.25, 0.3) is 0 Å². The molecule has 0 aliphatic carbocycles. The summed E-state index contributed by atoms with van der Waals surface area (Å²) in [6.45, 7) is 9.02. The number of rotatable bonds is 11. The molecule has 2 aromatic rings. The third-order valence-corrected chi connectivity index (χ3v) is 5.54. The molecule has 0 aliphatic rings. The van der Waals surface area contributed by atoms with Crippen LogP contribution in [0.5, 0.6) is 11.5 Å². The van der Waals surface area contributed by atoms with Crippen molar-refractivity contribution in [1.29, 1.82) is 0 Å². The molecule has 2 aromatic carbocycles. The van der Waals surface area contributed by atoms with Crippen molar-refractivity contribution in [1.82, 2.24) is 10.2 Å². The smallest absolute Gasteiger partial charge is 0.408 e. The highest BCUT2D eigenvalue weighted by Crippen LogP contribution is 2.31. The Morgan fingerprint density at radius 3 is 2.24 bits per heavy atom. The number of methoxy groups -OCH3 is 1. The van der Waals surface area contributed by atoms with Crippen molar-refractivity contribution in [3.63, 3.8) is 0 Å². The second kappa shape index (κ2) is 13.5. The van der Waals surface area contributed by atoms with Crippen LogP contribution in [0.3, 0.4) is 0 Å². The van der Waals surface area contributed by atoms with E-state index in [0.717, 1.165) is 12.8 Å². The Morgan fingerprint density at radius 2 is 1.68 bits per heavy atom. The number of hydrogen-bond donors (Lipinski definition) is 3. The summed E-state index contributed by atoms with van der Waals surface area (Å²) in [5, 5.41) is 16.1. The zero-order valence-electron chi connectivity index (χ0n) is 22.5. The standard InChI is InChI=1S/C28H39N3O6/c1-7-8-11-18-31(26(34)19(2)29-27(35)37-28(3,4)5)24(22-12-9-10-13-23(22)32)25(33)30-20-14-16-21(36-6)17-15-20/h9-10,12-17,19,24,32H,7-8,11,18H2,1-6H3,(H,29,35)(H,30,33). The molecule has 0 saturated heterocycles. The van der Waals surface area contributed by atoms with Crippen LogP contribution in [0.4, 0.5) is 10.5 Å². The van der Waals surface area contributed by atoms with E-state index in [4.69, 9.17) is 9.47 Å². The number of nitrogens with zero attached hydrogens (tertiary/aromatic N) is 1. The highest BCUT2D eigenvalue weighted by atomic mass is 16.6. The zero-order valence-corrected chi connectivity index (χ0v) is 22.5. The van der Waals surface area contributed by atoms with Gasteiger partial charge in [0.05, 0.1) is 7.11 Å². The first-order valence-electron chi connectivity index (χ1n) is 12.5. The van der Waals surface area contributed by atoms with E-state index in [1.54, 1.807) is 77.3 Å². The van der Waals surface area contributed by atoms with Crippen LogP contribution in [-0.4, -0.2) is 53.2 Å². The van der Waals surface area contributed by atoms with E-state index in [1.807, 2.05) is 6.92 Å². The predicted octanol–water partition coefficient (Wildman–Crippen LogP) is 5.01. The number of nitrogens with one attached hydrogen (secondary N) is 2. The van der Waals surface area contributed by atoms with Crippen LogP contribution in [0.15, 0.2) is 48.5 Å². The van der Waals surface area contributed by atoms with Gasteiger partial charge in [-0.1, -0.05) is 38.0 Å². The highest BCUT2D eigenvalue weighted by molar-refractivity contribution is 5.99. The molecule has 0 radical (unpaired) electrons. The topological polar surface area (TPSA) is 117 Å². The monoisotopic (exact) mass is 513 g/mol. The number of alkyl carbamates (subject to hydrolysis) is 1. The predicted molar refractivity (Wildman–Crippen MR) is 143 cm³/mol. The van der Waals surface area contributed by atoms with E-state index in [1.165, 1.54) is 11.0 Å². The second-order valence-corrected chi connectivity index (χ2v) is 9.79. The maximum Gasteiger partial charge on any atom is 0.408 e. The van der Waals surface area contributed by atoms with Gasteiger partial charge in [-0.3, -0.25) is 9.59 Å². The molecule has 9 heteroatoms. The third-order valence-electron chi connectivity index (χ3n) is 5.54. The van der Waals surface area contributed by atoms with Crippen molar-refractivity contribution >= 4 is 23.6 Å². The van der Waals surface area contributed by atoms with E-state index in [-0.39, 0.29) is 17.9 Å². The molecule has 202 valence electrons. The lowest BCUT2D eigenvalue weighted by atomic mass is 10.0. The molecule has 0 saturated carbocycles. The van der Waals surface area contributed by atoms with Gasteiger partial charge in [0.15, 0.2) is 0 Å². The Kier molecular flexibility index (Phi) is 10.8. The summed E-state index contributed by atoms with van der Waals surface area (Å²) >= 11 is 0. The van der Waals surface area contributed by atoms with Gasteiger partial charge in [-0.15, -0.1) is 0 Å². The van der Waals surface area contributed by atoms with E-state index in [2.05, 4.69) is 10.6 Å².